The van der Waals surface area contributed by atoms with E-state index < -0.39 is 17.2 Å². The Hall–Kier alpha value is -4.01. The SMILES string of the molecule is CC(C)(C)OC(=O)N1CCCC(Nc2ccnc(-c3c[nH]c4ccc(-c5c(F)cccc5F)cc34)n2)C1. The number of hydrogen-bond donors (Lipinski definition) is 2. The van der Waals surface area contributed by atoms with Crippen LogP contribution in [0.1, 0.15) is 33.6 Å². The van der Waals surface area contributed by atoms with Crippen molar-refractivity contribution < 1.29 is 18.3 Å². The number of halogens is 2. The second kappa shape index (κ2) is 9.80. The van der Waals surface area contributed by atoms with Crippen LogP contribution in [0.15, 0.2) is 54.9 Å². The summed E-state index contributed by atoms with van der Waals surface area (Å²) in [6.07, 6.45) is 4.88. The molecular weight excluding hydrogens is 476 g/mol. The molecule has 0 saturated carbocycles. The number of hydrogen-bond acceptors (Lipinski definition) is 5. The minimum atomic E-state index is -0.619. The molecule has 1 fully saturated rings. The zero-order valence-corrected chi connectivity index (χ0v) is 21.0. The van der Waals surface area contributed by atoms with Crippen molar-refractivity contribution in [3.05, 3.63) is 66.5 Å². The first-order valence-corrected chi connectivity index (χ1v) is 12.3. The lowest BCUT2D eigenvalue weighted by molar-refractivity contribution is 0.0206. The lowest BCUT2D eigenvalue weighted by Crippen LogP contribution is -2.47. The predicted octanol–water partition coefficient (Wildman–Crippen LogP) is 6.38. The van der Waals surface area contributed by atoms with Gasteiger partial charge in [0.25, 0.3) is 0 Å². The second-order valence-corrected chi connectivity index (χ2v) is 10.2. The Morgan fingerprint density at radius 1 is 1.16 bits per heavy atom. The van der Waals surface area contributed by atoms with Gasteiger partial charge in [0.1, 0.15) is 23.1 Å². The molecule has 9 heteroatoms. The number of H-pyrrole nitrogens is 1. The van der Waals surface area contributed by atoms with Gasteiger partial charge in [-0.05, 0) is 69.5 Å². The topological polar surface area (TPSA) is 83.1 Å². The summed E-state index contributed by atoms with van der Waals surface area (Å²) in [4.78, 5) is 26.6. The first-order valence-electron chi connectivity index (χ1n) is 12.3. The van der Waals surface area contributed by atoms with Crippen LogP contribution in [0.4, 0.5) is 19.4 Å². The predicted molar refractivity (Wildman–Crippen MR) is 139 cm³/mol. The Morgan fingerprint density at radius 3 is 2.70 bits per heavy atom. The molecule has 2 aromatic heterocycles. The molecule has 5 rings (SSSR count). The summed E-state index contributed by atoms with van der Waals surface area (Å²) in [6, 6.07) is 10.8. The Morgan fingerprint density at radius 2 is 1.95 bits per heavy atom. The number of rotatable bonds is 4. The van der Waals surface area contributed by atoms with Gasteiger partial charge in [0.05, 0.1) is 5.56 Å². The van der Waals surface area contributed by atoms with Gasteiger partial charge >= 0.3 is 6.09 Å². The molecule has 1 amide bonds. The molecule has 4 aromatic rings. The minimum absolute atomic E-state index is 0.0163. The number of likely N-dealkylation sites (tertiary alicyclic amines) is 1. The Labute approximate surface area is 213 Å². The number of benzene rings is 2. The van der Waals surface area contributed by atoms with Crippen LogP contribution in [0.2, 0.25) is 0 Å². The lowest BCUT2D eigenvalue weighted by atomic mass is 10.0. The standard InChI is InChI=1S/C28H29F2N5O2/c1-28(2,3)37-27(36)35-13-5-6-18(16-35)33-24-11-12-31-26(34-24)20-15-32-23-10-9-17(14-19(20)23)25-21(29)7-4-8-22(25)30/h4,7-12,14-15,18,32H,5-6,13,16H2,1-3H3,(H,31,33,34). The number of aromatic nitrogens is 3. The average Bonchev–Trinajstić information content (AvgIpc) is 3.27. The summed E-state index contributed by atoms with van der Waals surface area (Å²) in [7, 11) is 0. The zero-order chi connectivity index (χ0) is 26.2. The smallest absolute Gasteiger partial charge is 0.410 e. The highest BCUT2D eigenvalue weighted by atomic mass is 19.1. The van der Waals surface area contributed by atoms with Gasteiger partial charge in [-0.25, -0.2) is 23.5 Å². The molecule has 1 atom stereocenters. The van der Waals surface area contributed by atoms with E-state index in [1.165, 1.54) is 18.2 Å². The van der Waals surface area contributed by atoms with Crippen LogP contribution >= 0.6 is 0 Å². The van der Waals surface area contributed by atoms with Gasteiger partial charge in [-0.3, -0.25) is 0 Å². The van der Waals surface area contributed by atoms with Crippen LogP contribution in [0.25, 0.3) is 33.4 Å². The molecule has 0 spiro atoms. The van der Waals surface area contributed by atoms with Crippen LogP contribution in [-0.4, -0.2) is 50.7 Å². The highest BCUT2D eigenvalue weighted by molar-refractivity contribution is 5.96. The molecule has 0 bridgehead atoms. The number of fused-ring (bicyclic) bond motifs is 1. The van der Waals surface area contributed by atoms with Crippen LogP contribution in [-0.2, 0) is 4.74 Å². The fourth-order valence-electron chi connectivity index (χ4n) is 4.60. The number of carbonyl (C=O) groups is 1. The maximum absolute atomic E-state index is 14.4. The number of carbonyl (C=O) groups excluding carboxylic acids is 1. The van der Waals surface area contributed by atoms with Crippen LogP contribution in [0.5, 0.6) is 0 Å². The maximum atomic E-state index is 14.4. The zero-order valence-electron chi connectivity index (χ0n) is 21.0. The molecule has 1 unspecified atom stereocenters. The molecule has 1 aliphatic heterocycles. The van der Waals surface area contributed by atoms with E-state index >= 15 is 0 Å². The first-order chi connectivity index (χ1) is 17.7. The number of amides is 1. The van der Waals surface area contributed by atoms with E-state index in [0.29, 0.717) is 30.3 Å². The molecular formula is C28H29F2N5O2. The first kappa shape index (κ1) is 24.7. The summed E-state index contributed by atoms with van der Waals surface area (Å²) in [5.74, 6) is -0.132. The van der Waals surface area contributed by atoms with Crippen LogP contribution in [0, 0.1) is 11.6 Å². The molecule has 3 heterocycles. The Kier molecular flexibility index (Phi) is 6.54. The third-order valence-corrected chi connectivity index (χ3v) is 6.25. The van der Waals surface area contributed by atoms with E-state index in [2.05, 4.69) is 15.3 Å². The van der Waals surface area contributed by atoms with Gasteiger partial charge in [-0.15, -0.1) is 0 Å². The van der Waals surface area contributed by atoms with Crippen molar-refractivity contribution in [3.63, 3.8) is 0 Å². The number of aromatic amines is 1. The third kappa shape index (κ3) is 5.40. The Bertz CT molecular complexity index is 1430. The van der Waals surface area contributed by atoms with Gasteiger partial charge in [-0.1, -0.05) is 12.1 Å². The van der Waals surface area contributed by atoms with Crippen molar-refractivity contribution in [2.45, 2.75) is 45.3 Å². The van der Waals surface area contributed by atoms with E-state index in [9.17, 15) is 13.6 Å². The number of nitrogens with zero attached hydrogens (tertiary/aromatic N) is 3. The van der Waals surface area contributed by atoms with Gasteiger partial charge in [-0.2, -0.15) is 0 Å². The van der Waals surface area contributed by atoms with E-state index in [4.69, 9.17) is 9.72 Å². The number of ether oxygens (including phenoxy) is 1. The molecule has 0 radical (unpaired) electrons. The monoisotopic (exact) mass is 505 g/mol. The van der Waals surface area contributed by atoms with Crippen molar-refractivity contribution >= 4 is 22.8 Å². The molecule has 1 aliphatic rings. The number of anilines is 1. The fraction of sp³-hybridized carbons (Fsp3) is 0.321. The normalized spacial score (nSPS) is 16.1. The summed E-state index contributed by atoms with van der Waals surface area (Å²) in [6.45, 7) is 6.73. The van der Waals surface area contributed by atoms with E-state index in [1.54, 1.807) is 41.6 Å². The second-order valence-electron chi connectivity index (χ2n) is 10.2. The quantitative estimate of drug-likeness (QED) is 0.336. The largest absolute Gasteiger partial charge is 0.444 e. The van der Waals surface area contributed by atoms with E-state index in [-0.39, 0.29) is 17.7 Å². The van der Waals surface area contributed by atoms with Gasteiger partial charge in [0, 0.05) is 48.0 Å². The van der Waals surface area contributed by atoms with Gasteiger partial charge in [0.15, 0.2) is 5.82 Å². The highest BCUT2D eigenvalue weighted by Crippen LogP contribution is 2.33. The Balaban J connectivity index is 1.38. The molecule has 2 aromatic carbocycles. The molecule has 37 heavy (non-hydrogen) atoms. The summed E-state index contributed by atoms with van der Waals surface area (Å²) in [5.41, 5.74) is 1.34. The van der Waals surface area contributed by atoms with Crippen molar-refractivity contribution in [1.82, 2.24) is 19.9 Å². The number of piperidine rings is 1. The van der Waals surface area contributed by atoms with E-state index in [1.807, 2.05) is 20.8 Å². The molecule has 0 aliphatic carbocycles. The number of nitrogens with one attached hydrogen (secondary N) is 2. The van der Waals surface area contributed by atoms with Crippen molar-refractivity contribution in [2.75, 3.05) is 18.4 Å². The summed E-state index contributed by atoms with van der Waals surface area (Å²) in [5, 5.41) is 4.18. The van der Waals surface area contributed by atoms with Crippen molar-refractivity contribution in [3.8, 4) is 22.5 Å². The van der Waals surface area contributed by atoms with Crippen LogP contribution < -0.4 is 5.32 Å². The molecule has 192 valence electrons. The summed E-state index contributed by atoms with van der Waals surface area (Å²) < 4.78 is 34.3. The van der Waals surface area contributed by atoms with Crippen molar-refractivity contribution in [1.29, 1.82) is 0 Å². The summed E-state index contributed by atoms with van der Waals surface area (Å²) >= 11 is 0. The third-order valence-electron chi connectivity index (χ3n) is 6.25. The van der Waals surface area contributed by atoms with E-state index in [0.717, 1.165) is 29.3 Å². The molecule has 1 saturated heterocycles. The fourth-order valence-corrected chi connectivity index (χ4v) is 4.60. The van der Waals surface area contributed by atoms with Gasteiger partial charge < -0.3 is 19.9 Å². The molecule has 7 nitrogen and oxygen atoms in total. The average molecular weight is 506 g/mol. The van der Waals surface area contributed by atoms with Crippen LogP contribution in [0.3, 0.4) is 0 Å². The minimum Gasteiger partial charge on any atom is -0.444 e. The molecule has 2 N–H and O–H groups in total. The maximum Gasteiger partial charge on any atom is 0.410 e. The lowest BCUT2D eigenvalue weighted by Gasteiger charge is -2.34. The van der Waals surface area contributed by atoms with Crippen molar-refractivity contribution in [2.24, 2.45) is 0 Å². The highest BCUT2D eigenvalue weighted by Gasteiger charge is 2.28. The van der Waals surface area contributed by atoms with Gasteiger partial charge in [0.2, 0.25) is 0 Å².